The molecule has 0 unspecified atom stereocenters. The highest BCUT2D eigenvalue weighted by Gasteiger charge is 2.24. The first-order valence-electron chi connectivity index (χ1n) is 8.60. The topological polar surface area (TPSA) is 55.6 Å². The molecule has 7 heteroatoms. The zero-order valence-corrected chi connectivity index (χ0v) is 15.4. The molecule has 0 saturated heterocycles. The van der Waals surface area contributed by atoms with E-state index >= 15 is 0 Å². The molecule has 27 heavy (non-hydrogen) atoms. The van der Waals surface area contributed by atoms with E-state index in [1.807, 2.05) is 6.07 Å². The SMILES string of the molecule is CC(C)(C)c1c(F)cc(OCCNC(=O)c2cnc3ccccn23)cc1F. The fourth-order valence-corrected chi connectivity index (χ4v) is 2.87. The van der Waals surface area contributed by atoms with Crippen LogP contribution in [0.1, 0.15) is 36.8 Å². The zero-order chi connectivity index (χ0) is 19.6. The summed E-state index contributed by atoms with van der Waals surface area (Å²) in [7, 11) is 0. The second-order valence-corrected chi connectivity index (χ2v) is 7.19. The summed E-state index contributed by atoms with van der Waals surface area (Å²) in [6, 6.07) is 7.76. The van der Waals surface area contributed by atoms with Crippen LogP contribution in [0.3, 0.4) is 0 Å². The van der Waals surface area contributed by atoms with Gasteiger partial charge in [0.05, 0.1) is 12.7 Å². The van der Waals surface area contributed by atoms with Crippen molar-refractivity contribution in [1.82, 2.24) is 14.7 Å². The standard InChI is InChI=1S/C20H21F2N3O2/c1-20(2,3)18-14(21)10-13(11-15(18)22)27-9-7-23-19(26)16-12-24-17-6-4-5-8-25(16)17/h4-6,8,10-12H,7,9H2,1-3H3,(H,23,26). The third-order valence-corrected chi connectivity index (χ3v) is 4.07. The monoisotopic (exact) mass is 373 g/mol. The Morgan fingerprint density at radius 1 is 1.22 bits per heavy atom. The molecule has 3 rings (SSSR count). The lowest BCUT2D eigenvalue weighted by Crippen LogP contribution is -2.29. The quantitative estimate of drug-likeness (QED) is 0.694. The summed E-state index contributed by atoms with van der Waals surface area (Å²) in [5.41, 5.74) is 0.450. The van der Waals surface area contributed by atoms with Crippen LogP contribution in [0.4, 0.5) is 8.78 Å². The van der Waals surface area contributed by atoms with Gasteiger partial charge in [-0.15, -0.1) is 0 Å². The first kappa shape index (κ1) is 18.8. The first-order chi connectivity index (χ1) is 12.8. The molecule has 0 atom stereocenters. The van der Waals surface area contributed by atoms with Crippen LogP contribution in [-0.4, -0.2) is 28.4 Å². The molecule has 0 spiro atoms. The minimum Gasteiger partial charge on any atom is -0.492 e. The van der Waals surface area contributed by atoms with E-state index in [0.29, 0.717) is 11.3 Å². The number of carbonyl (C=O) groups is 1. The van der Waals surface area contributed by atoms with Gasteiger partial charge in [0.15, 0.2) is 0 Å². The maximum atomic E-state index is 14.2. The van der Waals surface area contributed by atoms with Gasteiger partial charge in [-0.2, -0.15) is 0 Å². The Kier molecular flexibility index (Phi) is 5.12. The number of aromatic nitrogens is 2. The van der Waals surface area contributed by atoms with E-state index in [0.717, 1.165) is 12.1 Å². The first-order valence-corrected chi connectivity index (χ1v) is 8.60. The highest BCUT2D eigenvalue weighted by Crippen LogP contribution is 2.30. The van der Waals surface area contributed by atoms with Gasteiger partial charge in [-0.3, -0.25) is 9.20 Å². The van der Waals surface area contributed by atoms with Crippen molar-refractivity contribution in [3.05, 3.63) is 65.6 Å². The summed E-state index contributed by atoms with van der Waals surface area (Å²) in [4.78, 5) is 16.4. The van der Waals surface area contributed by atoms with E-state index in [4.69, 9.17) is 4.74 Å². The number of nitrogens with zero attached hydrogens (tertiary/aromatic N) is 2. The van der Waals surface area contributed by atoms with Gasteiger partial charge in [0.25, 0.3) is 5.91 Å². The van der Waals surface area contributed by atoms with Crippen LogP contribution < -0.4 is 10.1 Å². The van der Waals surface area contributed by atoms with Gasteiger partial charge in [0.2, 0.25) is 0 Å². The maximum Gasteiger partial charge on any atom is 0.270 e. The largest absolute Gasteiger partial charge is 0.492 e. The molecule has 142 valence electrons. The van der Waals surface area contributed by atoms with Crippen molar-refractivity contribution in [3.8, 4) is 5.75 Å². The molecule has 1 N–H and O–H groups in total. The van der Waals surface area contributed by atoms with E-state index < -0.39 is 17.0 Å². The average molecular weight is 373 g/mol. The average Bonchev–Trinajstić information content (AvgIpc) is 3.01. The van der Waals surface area contributed by atoms with Crippen molar-refractivity contribution in [2.24, 2.45) is 0 Å². The molecule has 0 aliphatic rings. The number of ether oxygens (including phenoxy) is 1. The Labute approximate surface area is 156 Å². The predicted molar refractivity (Wildman–Crippen MR) is 98.1 cm³/mol. The minimum atomic E-state index is -0.646. The van der Waals surface area contributed by atoms with Gasteiger partial charge in [0.1, 0.15) is 35.3 Å². The van der Waals surface area contributed by atoms with Crippen molar-refractivity contribution < 1.29 is 18.3 Å². The number of nitrogens with one attached hydrogen (secondary N) is 1. The Hall–Kier alpha value is -2.96. The van der Waals surface area contributed by atoms with Crippen LogP contribution in [-0.2, 0) is 5.41 Å². The van der Waals surface area contributed by atoms with E-state index in [2.05, 4.69) is 10.3 Å². The fourth-order valence-electron chi connectivity index (χ4n) is 2.87. The Bertz CT molecular complexity index is 954. The number of fused-ring (bicyclic) bond motifs is 1. The smallest absolute Gasteiger partial charge is 0.270 e. The van der Waals surface area contributed by atoms with Crippen LogP contribution in [0.5, 0.6) is 5.75 Å². The summed E-state index contributed by atoms with van der Waals surface area (Å²) < 4.78 is 35.4. The Morgan fingerprint density at radius 2 is 1.93 bits per heavy atom. The summed E-state index contributed by atoms with van der Waals surface area (Å²) in [6.45, 7) is 5.49. The van der Waals surface area contributed by atoms with Crippen LogP contribution in [0.2, 0.25) is 0 Å². The lowest BCUT2D eigenvalue weighted by molar-refractivity contribution is 0.0941. The van der Waals surface area contributed by atoms with Gasteiger partial charge in [-0.25, -0.2) is 13.8 Å². The van der Waals surface area contributed by atoms with Gasteiger partial charge < -0.3 is 10.1 Å². The summed E-state index contributed by atoms with van der Waals surface area (Å²) >= 11 is 0. The van der Waals surface area contributed by atoms with E-state index in [1.54, 1.807) is 43.5 Å². The number of pyridine rings is 1. The van der Waals surface area contributed by atoms with E-state index in [1.165, 1.54) is 6.20 Å². The second kappa shape index (κ2) is 7.34. The third-order valence-electron chi connectivity index (χ3n) is 4.07. The van der Waals surface area contributed by atoms with Gasteiger partial charge in [0, 0.05) is 23.9 Å². The van der Waals surface area contributed by atoms with Crippen LogP contribution in [0, 0.1) is 11.6 Å². The summed E-state index contributed by atoms with van der Waals surface area (Å²) in [6.07, 6.45) is 3.23. The zero-order valence-electron chi connectivity index (χ0n) is 15.4. The molecule has 1 aromatic carbocycles. The summed E-state index contributed by atoms with van der Waals surface area (Å²) in [5, 5.41) is 2.70. The van der Waals surface area contributed by atoms with Gasteiger partial charge >= 0.3 is 0 Å². The molecule has 3 aromatic rings. The molecular formula is C20H21F2N3O2. The number of imidazole rings is 1. The Balaban J connectivity index is 1.58. The van der Waals surface area contributed by atoms with Crippen molar-refractivity contribution in [2.45, 2.75) is 26.2 Å². The number of rotatable bonds is 5. The minimum absolute atomic E-state index is 0.0239. The molecule has 5 nitrogen and oxygen atoms in total. The van der Waals surface area contributed by atoms with Gasteiger partial charge in [-0.05, 0) is 17.5 Å². The number of amides is 1. The molecule has 0 bridgehead atoms. The molecule has 0 aliphatic carbocycles. The van der Waals surface area contributed by atoms with Crippen molar-refractivity contribution >= 4 is 11.6 Å². The molecule has 2 heterocycles. The summed E-state index contributed by atoms with van der Waals surface area (Å²) in [5.74, 6) is -1.51. The predicted octanol–water partition coefficient (Wildman–Crippen LogP) is 3.72. The number of hydrogen-bond acceptors (Lipinski definition) is 3. The number of halogens is 2. The molecule has 2 aromatic heterocycles. The number of hydrogen-bond donors (Lipinski definition) is 1. The fraction of sp³-hybridized carbons (Fsp3) is 0.300. The molecular weight excluding hydrogens is 352 g/mol. The normalized spacial score (nSPS) is 11.6. The van der Waals surface area contributed by atoms with Crippen LogP contribution in [0.15, 0.2) is 42.7 Å². The van der Waals surface area contributed by atoms with Crippen molar-refractivity contribution in [2.75, 3.05) is 13.2 Å². The molecule has 1 amide bonds. The number of benzene rings is 1. The Morgan fingerprint density at radius 3 is 2.59 bits per heavy atom. The van der Waals surface area contributed by atoms with Crippen LogP contribution in [0.25, 0.3) is 5.65 Å². The van der Waals surface area contributed by atoms with Gasteiger partial charge in [-0.1, -0.05) is 26.8 Å². The lowest BCUT2D eigenvalue weighted by Gasteiger charge is -2.21. The number of carbonyl (C=O) groups excluding carboxylic acids is 1. The lowest BCUT2D eigenvalue weighted by atomic mass is 9.86. The highest BCUT2D eigenvalue weighted by molar-refractivity contribution is 5.93. The van der Waals surface area contributed by atoms with Crippen molar-refractivity contribution in [1.29, 1.82) is 0 Å². The second-order valence-electron chi connectivity index (χ2n) is 7.19. The molecule has 0 radical (unpaired) electrons. The third kappa shape index (κ3) is 4.07. The van der Waals surface area contributed by atoms with Crippen LogP contribution >= 0.6 is 0 Å². The van der Waals surface area contributed by atoms with E-state index in [-0.39, 0.29) is 30.4 Å². The highest BCUT2D eigenvalue weighted by atomic mass is 19.1. The maximum absolute atomic E-state index is 14.2. The molecule has 0 aliphatic heterocycles. The van der Waals surface area contributed by atoms with Crippen molar-refractivity contribution in [3.63, 3.8) is 0 Å². The molecule has 0 saturated carbocycles. The molecule has 0 fully saturated rings. The van der Waals surface area contributed by atoms with E-state index in [9.17, 15) is 13.6 Å².